The molecule has 6 nitrogen and oxygen atoms in total. The van der Waals surface area contributed by atoms with Gasteiger partial charge in [-0.25, -0.2) is 4.98 Å². The molecule has 0 bridgehead atoms. The van der Waals surface area contributed by atoms with Gasteiger partial charge in [-0.05, 0) is 42.7 Å². The minimum absolute atomic E-state index is 0.148. The van der Waals surface area contributed by atoms with Crippen LogP contribution in [-0.4, -0.2) is 47.4 Å². The van der Waals surface area contributed by atoms with E-state index in [9.17, 15) is 9.59 Å². The Morgan fingerprint density at radius 3 is 2.81 bits per heavy atom. The summed E-state index contributed by atoms with van der Waals surface area (Å²) in [5.41, 5.74) is 4.73. The number of nitrogens with zero attached hydrogens (tertiary/aromatic N) is 2. The van der Waals surface area contributed by atoms with Crippen LogP contribution in [0.4, 0.5) is 0 Å². The Labute approximate surface area is 188 Å². The van der Waals surface area contributed by atoms with Crippen molar-refractivity contribution < 1.29 is 14.3 Å². The number of aromatic nitrogens is 1. The van der Waals surface area contributed by atoms with E-state index in [2.05, 4.69) is 41.5 Å². The SMILES string of the molecule is CCOc1ncccc1C(=O)N1CCNC(=O)[C@@H]1Cc1ccccc1-c1cccc(C)c1. The highest BCUT2D eigenvalue weighted by Crippen LogP contribution is 2.28. The average molecular weight is 430 g/mol. The average Bonchev–Trinajstić information content (AvgIpc) is 2.81. The van der Waals surface area contributed by atoms with Gasteiger partial charge in [0.15, 0.2) is 0 Å². The zero-order valence-electron chi connectivity index (χ0n) is 18.4. The summed E-state index contributed by atoms with van der Waals surface area (Å²) in [6.07, 6.45) is 2.02. The van der Waals surface area contributed by atoms with Gasteiger partial charge in [0.1, 0.15) is 11.6 Å². The van der Waals surface area contributed by atoms with Crippen LogP contribution in [0.15, 0.2) is 66.9 Å². The van der Waals surface area contributed by atoms with E-state index >= 15 is 0 Å². The zero-order valence-corrected chi connectivity index (χ0v) is 18.4. The summed E-state index contributed by atoms with van der Waals surface area (Å²) in [4.78, 5) is 32.2. The third kappa shape index (κ3) is 4.49. The fourth-order valence-electron chi connectivity index (χ4n) is 4.12. The van der Waals surface area contributed by atoms with Gasteiger partial charge in [-0.3, -0.25) is 9.59 Å². The van der Waals surface area contributed by atoms with Gasteiger partial charge in [0.25, 0.3) is 5.91 Å². The highest BCUT2D eigenvalue weighted by Gasteiger charge is 2.35. The Bertz CT molecular complexity index is 1130. The smallest absolute Gasteiger partial charge is 0.260 e. The molecule has 1 atom stereocenters. The van der Waals surface area contributed by atoms with Crippen LogP contribution in [0.3, 0.4) is 0 Å². The van der Waals surface area contributed by atoms with Crippen molar-refractivity contribution in [2.45, 2.75) is 26.3 Å². The summed E-state index contributed by atoms with van der Waals surface area (Å²) in [7, 11) is 0. The predicted molar refractivity (Wildman–Crippen MR) is 124 cm³/mol. The van der Waals surface area contributed by atoms with E-state index in [1.54, 1.807) is 23.2 Å². The number of hydrogen-bond donors (Lipinski definition) is 1. The second-order valence-corrected chi connectivity index (χ2v) is 7.83. The third-order valence-electron chi connectivity index (χ3n) is 5.63. The van der Waals surface area contributed by atoms with Crippen LogP contribution in [0, 0.1) is 6.92 Å². The van der Waals surface area contributed by atoms with Crippen LogP contribution in [0.25, 0.3) is 11.1 Å². The van der Waals surface area contributed by atoms with Gasteiger partial charge in [0.05, 0.1) is 6.61 Å². The lowest BCUT2D eigenvalue weighted by Gasteiger charge is -2.35. The first-order chi connectivity index (χ1) is 15.6. The number of carbonyl (C=O) groups is 2. The molecule has 0 spiro atoms. The van der Waals surface area contributed by atoms with E-state index in [1.165, 1.54) is 5.56 Å². The molecule has 2 aromatic carbocycles. The summed E-state index contributed by atoms with van der Waals surface area (Å²) < 4.78 is 5.56. The molecule has 164 valence electrons. The van der Waals surface area contributed by atoms with E-state index in [1.807, 2.05) is 31.2 Å². The quantitative estimate of drug-likeness (QED) is 0.649. The van der Waals surface area contributed by atoms with Crippen molar-refractivity contribution in [3.63, 3.8) is 0 Å². The van der Waals surface area contributed by atoms with Gasteiger partial charge < -0.3 is 15.0 Å². The van der Waals surface area contributed by atoms with E-state index in [0.29, 0.717) is 37.6 Å². The number of carbonyl (C=O) groups excluding carboxylic acids is 2. The molecule has 2 amide bonds. The summed E-state index contributed by atoms with van der Waals surface area (Å²) in [5.74, 6) is -0.0928. The second-order valence-electron chi connectivity index (χ2n) is 7.83. The minimum Gasteiger partial charge on any atom is -0.477 e. The maximum atomic E-state index is 13.5. The van der Waals surface area contributed by atoms with Gasteiger partial charge in [-0.1, -0.05) is 54.1 Å². The molecule has 1 aliphatic rings. The molecule has 1 aliphatic heterocycles. The van der Waals surface area contributed by atoms with Crippen LogP contribution in [0.5, 0.6) is 5.88 Å². The molecule has 0 saturated carbocycles. The van der Waals surface area contributed by atoms with Crippen molar-refractivity contribution in [1.29, 1.82) is 0 Å². The van der Waals surface area contributed by atoms with Gasteiger partial charge in [0, 0.05) is 25.7 Å². The maximum Gasteiger partial charge on any atom is 0.260 e. The van der Waals surface area contributed by atoms with Crippen molar-refractivity contribution in [1.82, 2.24) is 15.2 Å². The van der Waals surface area contributed by atoms with Gasteiger partial charge in [0.2, 0.25) is 11.8 Å². The molecule has 1 aromatic heterocycles. The molecule has 1 N–H and O–H groups in total. The lowest BCUT2D eigenvalue weighted by Crippen LogP contribution is -2.58. The molecular weight excluding hydrogens is 402 g/mol. The number of nitrogens with one attached hydrogen (secondary N) is 1. The summed E-state index contributed by atoms with van der Waals surface area (Å²) in [6.45, 7) is 5.17. The molecule has 2 heterocycles. The van der Waals surface area contributed by atoms with E-state index in [-0.39, 0.29) is 11.8 Å². The first kappa shape index (κ1) is 21.6. The summed E-state index contributed by atoms with van der Waals surface area (Å²) >= 11 is 0. The summed E-state index contributed by atoms with van der Waals surface area (Å²) in [6, 6.07) is 19.1. The molecule has 3 aromatic rings. The number of benzene rings is 2. The molecule has 4 rings (SSSR count). The van der Waals surface area contributed by atoms with Gasteiger partial charge >= 0.3 is 0 Å². The van der Waals surface area contributed by atoms with E-state index in [0.717, 1.165) is 16.7 Å². The number of amides is 2. The fraction of sp³-hybridized carbons (Fsp3) is 0.269. The lowest BCUT2D eigenvalue weighted by molar-refractivity contribution is -0.127. The van der Waals surface area contributed by atoms with Crippen molar-refractivity contribution in [2.24, 2.45) is 0 Å². The Morgan fingerprint density at radius 1 is 1.16 bits per heavy atom. The molecule has 6 heteroatoms. The number of hydrogen-bond acceptors (Lipinski definition) is 4. The summed E-state index contributed by atoms with van der Waals surface area (Å²) in [5, 5.41) is 2.92. The van der Waals surface area contributed by atoms with Crippen molar-refractivity contribution in [3.8, 4) is 17.0 Å². The number of aryl methyl sites for hydroxylation is 1. The number of pyridine rings is 1. The first-order valence-corrected chi connectivity index (χ1v) is 10.9. The van der Waals surface area contributed by atoms with Crippen molar-refractivity contribution in [2.75, 3.05) is 19.7 Å². The normalized spacial score (nSPS) is 15.9. The van der Waals surface area contributed by atoms with Crippen molar-refractivity contribution in [3.05, 3.63) is 83.6 Å². The molecular formula is C26H27N3O3. The van der Waals surface area contributed by atoms with E-state index in [4.69, 9.17) is 4.74 Å². The minimum atomic E-state index is -0.614. The Hall–Kier alpha value is -3.67. The van der Waals surface area contributed by atoms with Crippen LogP contribution in [0.1, 0.15) is 28.4 Å². The number of rotatable bonds is 6. The molecule has 32 heavy (non-hydrogen) atoms. The molecule has 0 unspecified atom stereocenters. The first-order valence-electron chi connectivity index (χ1n) is 10.9. The Balaban J connectivity index is 1.67. The lowest BCUT2D eigenvalue weighted by atomic mass is 9.93. The third-order valence-corrected chi connectivity index (χ3v) is 5.63. The molecule has 0 radical (unpaired) electrons. The molecule has 1 saturated heterocycles. The maximum absolute atomic E-state index is 13.5. The number of piperazine rings is 1. The molecule has 0 aliphatic carbocycles. The van der Waals surface area contributed by atoms with Crippen LogP contribution in [0.2, 0.25) is 0 Å². The van der Waals surface area contributed by atoms with E-state index < -0.39 is 6.04 Å². The van der Waals surface area contributed by atoms with Crippen LogP contribution >= 0.6 is 0 Å². The predicted octanol–water partition coefficient (Wildman–Crippen LogP) is 3.64. The standard InChI is InChI=1S/C26H27N3O3/c1-3-32-25-22(12-7-13-28-25)26(31)29-15-14-27-24(30)23(29)17-20-9-4-5-11-21(20)19-10-6-8-18(2)16-19/h4-13,16,23H,3,14-15,17H2,1-2H3,(H,27,30)/t23-/m0/s1. The highest BCUT2D eigenvalue weighted by molar-refractivity contribution is 6.00. The highest BCUT2D eigenvalue weighted by atomic mass is 16.5. The molecule has 1 fully saturated rings. The second kappa shape index (κ2) is 9.64. The monoisotopic (exact) mass is 429 g/mol. The van der Waals surface area contributed by atoms with Crippen LogP contribution < -0.4 is 10.1 Å². The Morgan fingerprint density at radius 2 is 2.00 bits per heavy atom. The Kier molecular flexibility index (Phi) is 6.50. The van der Waals surface area contributed by atoms with Crippen molar-refractivity contribution >= 4 is 11.8 Å². The topological polar surface area (TPSA) is 71.5 Å². The van der Waals surface area contributed by atoms with Crippen LogP contribution in [-0.2, 0) is 11.2 Å². The van der Waals surface area contributed by atoms with Gasteiger partial charge in [-0.15, -0.1) is 0 Å². The van der Waals surface area contributed by atoms with Gasteiger partial charge in [-0.2, -0.15) is 0 Å². The number of ether oxygens (including phenoxy) is 1. The zero-order chi connectivity index (χ0) is 22.5. The fourth-order valence-corrected chi connectivity index (χ4v) is 4.12. The largest absolute Gasteiger partial charge is 0.477 e.